The van der Waals surface area contributed by atoms with Crippen LogP contribution in [0.4, 0.5) is 0 Å². The van der Waals surface area contributed by atoms with Crippen LogP contribution in [0.3, 0.4) is 0 Å². The van der Waals surface area contributed by atoms with Crippen molar-refractivity contribution in [2.24, 2.45) is 5.41 Å². The number of methoxy groups -OCH3 is 1. The normalized spacial score (nSPS) is 20.3. The van der Waals surface area contributed by atoms with Crippen molar-refractivity contribution in [3.05, 3.63) is 65.7 Å². The fourth-order valence-corrected chi connectivity index (χ4v) is 4.21. The van der Waals surface area contributed by atoms with E-state index in [0.29, 0.717) is 12.2 Å². The SMILES string of the molecule is [2H]C([2H])([2H])[C@](O)(C(=O)N[C@H](c1ccc(OCC2(C)CCCC2)cc1)C(C)(C)OC)c1ccccc1. The van der Waals surface area contributed by atoms with Crippen LogP contribution in [0, 0.1) is 5.41 Å². The van der Waals surface area contributed by atoms with Gasteiger partial charge in [0.15, 0.2) is 5.60 Å². The van der Waals surface area contributed by atoms with Crippen molar-refractivity contribution >= 4 is 5.91 Å². The van der Waals surface area contributed by atoms with Crippen molar-refractivity contribution < 1.29 is 23.5 Å². The Bertz CT molecular complexity index is 986. The molecular weight excluding hydrogens is 402 g/mol. The summed E-state index contributed by atoms with van der Waals surface area (Å²) >= 11 is 0. The third kappa shape index (κ3) is 5.51. The number of ether oxygens (including phenoxy) is 2. The number of aliphatic hydroxyl groups is 1. The number of hydrogen-bond donors (Lipinski definition) is 2. The Morgan fingerprint density at radius 1 is 1.16 bits per heavy atom. The Balaban J connectivity index is 1.86. The fraction of sp³-hybridized carbons (Fsp3) is 0.519. The summed E-state index contributed by atoms with van der Waals surface area (Å²) in [6.07, 6.45) is 4.79. The second-order valence-corrected chi connectivity index (χ2v) is 9.67. The Hall–Kier alpha value is -2.37. The molecule has 0 saturated heterocycles. The minimum atomic E-state index is -2.99. The molecule has 5 nitrogen and oxygen atoms in total. The van der Waals surface area contributed by atoms with Crippen LogP contribution < -0.4 is 10.1 Å². The van der Waals surface area contributed by atoms with Gasteiger partial charge in [-0.25, -0.2) is 0 Å². The molecule has 2 aromatic rings. The molecule has 0 aromatic heterocycles. The molecule has 1 fully saturated rings. The summed E-state index contributed by atoms with van der Waals surface area (Å²) in [7, 11) is 1.52. The maximum Gasteiger partial charge on any atom is 0.256 e. The van der Waals surface area contributed by atoms with Gasteiger partial charge in [0.2, 0.25) is 0 Å². The van der Waals surface area contributed by atoms with Crippen molar-refractivity contribution in [2.45, 2.75) is 70.6 Å². The molecule has 0 heterocycles. The number of carbonyl (C=O) groups is 1. The quantitative estimate of drug-likeness (QED) is 0.565. The van der Waals surface area contributed by atoms with E-state index >= 15 is 0 Å². The van der Waals surface area contributed by atoms with Crippen LogP contribution in [0.1, 0.15) is 74.6 Å². The molecule has 32 heavy (non-hydrogen) atoms. The van der Waals surface area contributed by atoms with Gasteiger partial charge >= 0.3 is 0 Å². The highest BCUT2D eigenvalue weighted by Gasteiger charge is 2.38. The predicted octanol–water partition coefficient (Wildman–Crippen LogP) is 5.14. The van der Waals surface area contributed by atoms with E-state index in [9.17, 15) is 9.90 Å². The number of benzene rings is 2. The highest BCUT2D eigenvalue weighted by molar-refractivity contribution is 5.86. The maximum atomic E-state index is 13.4. The van der Waals surface area contributed by atoms with Crippen LogP contribution in [0.5, 0.6) is 5.75 Å². The van der Waals surface area contributed by atoms with E-state index in [2.05, 4.69) is 12.2 Å². The van der Waals surface area contributed by atoms with E-state index in [0.717, 1.165) is 18.6 Å². The second kappa shape index (κ2) is 9.63. The number of hydrogen-bond acceptors (Lipinski definition) is 4. The van der Waals surface area contributed by atoms with Gasteiger partial charge in [-0.3, -0.25) is 4.79 Å². The molecule has 174 valence electrons. The molecule has 2 atom stereocenters. The van der Waals surface area contributed by atoms with Crippen molar-refractivity contribution in [1.82, 2.24) is 5.32 Å². The van der Waals surface area contributed by atoms with Crippen molar-refractivity contribution in [3.8, 4) is 5.75 Å². The van der Waals surface area contributed by atoms with E-state index in [4.69, 9.17) is 13.6 Å². The van der Waals surface area contributed by atoms with Crippen LogP contribution in [0.2, 0.25) is 0 Å². The molecule has 2 N–H and O–H groups in total. The van der Waals surface area contributed by atoms with Crippen LogP contribution in [0.15, 0.2) is 54.6 Å². The van der Waals surface area contributed by atoms with E-state index in [1.807, 2.05) is 24.3 Å². The van der Waals surface area contributed by atoms with Gasteiger partial charge in [-0.1, -0.05) is 62.2 Å². The topological polar surface area (TPSA) is 67.8 Å². The minimum Gasteiger partial charge on any atom is -0.493 e. The van der Waals surface area contributed by atoms with Crippen LogP contribution in [-0.4, -0.2) is 30.3 Å². The molecule has 1 amide bonds. The van der Waals surface area contributed by atoms with Gasteiger partial charge in [0, 0.05) is 16.6 Å². The van der Waals surface area contributed by atoms with E-state index in [1.165, 1.54) is 32.1 Å². The lowest BCUT2D eigenvalue weighted by atomic mass is 9.89. The zero-order valence-corrected chi connectivity index (χ0v) is 19.5. The molecule has 1 saturated carbocycles. The summed E-state index contributed by atoms with van der Waals surface area (Å²) in [5.41, 5.74) is -2.73. The third-order valence-electron chi connectivity index (χ3n) is 6.63. The van der Waals surface area contributed by atoms with Crippen LogP contribution in [0.25, 0.3) is 0 Å². The lowest BCUT2D eigenvalue weighted by molar-refractivity contribution is -0.142. The molecule has 0 spiro atoms. The number of amides is 1. The molecule has 0 bridgehead atoms. The summed E-state index contributed by atoms with van der Waals surface area (Å²) in [4.78, 5) is 13.4. The van der Waals surface area contributed by atoms with E-state index < -0.39 is 30.0 Å². The van der Waals surface area contributed by atoms with E-state index in [1.54, 1.807) is 32.0 Å². The first-order chi connectivity index (χ1) is 16.3. The summed E-state index contributed by atoms with van der Waals surface area (Å²) < 4.78 is 35.5. The molecule has 0 radical (unpaired) electrons. The standard InChI is InChI=1S/C27H37NO4/c1-25(2,31-5)23(28-24(29)27(4,30)21-11-7-6-8-12-21)20-13-15-22(16-14-20)32-19-26(3)17-9-10-18-26/h6-8,11-16,23,30H,9-10,17-19H2,1-5H3,(H,28,29)/t23-,27-/m1/s1/i4D3. The first-order valence-corrected chi connectivity index (χ1v) is 11.2. The zero-order valence-electron chi connectivity index (χ0n) is 22.5. The van der Waals surface area contributed by atoms with Crippen molar-refractivity contribution in [2.75, 3.05) is 13.7 Å². The summed E-state index contributed by atoms with van der Waals surface area (Å²) in [6.45, 7) is 3.49. The second-order valence-electron chi connectivity index (χ2n) is 9.67. The Kier molecular flexibility index (Phi) is 6.10. The van der Waals surface area contributed by atoms with Gasteiger partial charge in [0.25, 0.3) is 5.91 Å². The average molecular weight is 443 g/mol. The molecule has 1 aliphatic rings. The van der Waals surface area contributed by atoms with Gasteiger partial charge in [-0.2, -0.15) is 0 Å². The monoisotopic (exact) mass is 442 g/mol. The highest BCUT2D eigenvalue weighted by atomic mass is 16.5. The van der Waals surface area contributed by atoms with E-state index in [-0.39, 0.29) is 11.0 Å². The van der Waals surface area contributed by atoms with Gasteiger partial charge in [-0.05, 0) is 56.8 Å². The van der Waals surface area contributed by atoms with Crippen LogP contribution >= 0.6 is 0 Å². The van der Waals surface area contributed by atoms with Gasteiger partial charge < -0.3 is 19.9 Å². The first-order valence-electron chi connectivity index (χ1n) is 12.7. The molecule has 1 aliphatic carbocycles. The zero-order chi connectivity index (χ0) is 25.9. The molecular formula is C27H37NO4. The average Bonchev–Trinajstić information content (AvgIpc) is 3.27. The number of rotatable bonds is 9. The molecule has 3 rings (SSSR count). The molecule has 0 aliphatic heterocycles. The largest absolute Gasteiger partial charge is 0.493 e. The maximum absolute atomic E-state index is 13.4. The van der Waals surface area contributed by atoms with Gasteiger partial charge in [-0.15, -0.1) is 0 Å². The number of nitrogens with one attached hydrogen (secondary N) is 1. The predicted molar refractivity (Wildman–Crippen MR) is 126 cm³/mol. The first kappa shape index (κ1) is 20.3. The highest BCUT2D eigenvalue weighted by Crippen LogP contribution is 2.38. The smallest absolute Gasteiger partial charge is 0.256 e. The molecule has 5 heteroatoms. The van der Waals surface area contributed by atoms with Gasteiger partial charge in [0.05, 0.1) is 18.2 Å². The lowest BCUT2D eigenvalue weighted by Gasteiger charge is -2.36. The summed E-state index contributed by atoms with van der Waals surface area (Å²) in [5, 5.41) is 14.0. The number of carbonyl (C=O) groups excluding carboxylic acids is 1. The minimum absolute atomic E-state index is 0.00405. The molecule has 0 unspecified atom stereocenters. The summed E-state index contributed by atoms with van der Waals surface area (Å²) in [6, 6.07) is 14.3. The van der Waals surface area contributed by atoms with Crippen molar-refractivity contribution in [3.63, 3.8) is 0 Å². The third-order valence-corrected chi connectivity index (χ3v) is 6.63. The van der Waals surface area contributed by atoms with Gasteiger partial charge in [0.1, 0.15) is 5.75 Å². The van der Waals surface area contributed by atoms with Crippen LogP contribution in [-0.2, 0) is 15.1 Å². The van der Waals surface area contributed by atoms with Crippen molar-refractivity contribution in [1.29, 1.82) is 0 Å². The molecule has 2 aromatic carbocycles. The fourth-order valence-electron chi connectivity index (χ4n) is 4.21. The summed E-state index contributed by atoms with van der Waals surface area (Å²) in [5.74, 6) is -0.293. The Morgan fingerprint density at radius 3 is 2.34 bits per heavy atom. The lowest BCUT2D eigenvalue weighted by Crippen LogP contribution is -2.49. The Labute approximate surface area is 196 Å². The Morgan fingerprint density at radius 2 is 1.78 bits per heavy atom.